The molecule has 4 heteroatoms. The molecule has 90 valence electrons. The van der Waals surface area contributed by atoms with E-state index < -0.39 is 0 Å². The Morgan fingerprint density at radius 1 is 1.29 bits per heavy atom. The molecule has 0 aliphatic carbocycles. The average Bonchev–Trinajstić information content (AvgIpc) is 2.81. The van der Waals surface area contributed by atoms with Crippen LogP contribution in [0, 0.1) is 13.8 Å². The van der Waals surface area contributed by atoms with Crippen molar-refractivity contribution in [3.8, 4) is 16.3 Å². The molecule has 0 radical (unpaired) electrons. The first-order chi connectivity index (χ1) is 8.17. The van der Waals surface area contributed by atoms with Gasteiger partial charge < -0.3 is 10.5 Å². The van der Waals surface area contributed by atoms with Gasteiger partial charge in [0.1, 0.15) is 10.8 Å². The topological polar surface area (TPSA) is 48.1 Å². The number of hydrogen-bond acceptors (Lipinski definition) is 4. The molecule has 0 spiro atoms. The average molecular weight is 248 g/mol. The minimum Gasteiger partial charge on any atom is -0.496 e. The molecule has 1 aromatic heterocycles. The Hall–Kier alpha value is -1.39. The highest BCUT2D eigenvalue weighted by molar-refractivity contribution is 7.13. The molecule has 2 rings (SSSR count). The van der Waals surface area contributed by atoms with Crippen LogP contribution in [0.3, 0.4) is 0 Å². The smallest absolute Gasteiger partial charge is 0.123 e. The zero-order chi connectivity index (χ0) is 12.4. The fourth-order valence-electron chi connectivity index (χ4n) is 1.77. The Kier molecular flexibility index (Phi) is 3.45. The SMILES string of the molecule is COc1ccc(-c2nc(CN)cs2)c(C)c1C. The second-order valence-corrected chi connectivity index (χ2v) is 4.77. The lowest BCUT2D eigenvalue weighted by molar-refractivity contribution is 0.411. The summed E-state index contributed by atoms with van der Waals surface area (Å²) in [6, 6.07) is 4.04. The molecule has 17 heavy (non-hydrogen) atoms. The Balaban J connectivity index is 2.49. The van der Waals surface area contributed by atoms with Crippen molar-refractivity contribution >= 4 is 11.3 Å². The first kappa shape index (κ1) is 12.1. The van der Waals surface area contributed by atoms with Crippen molar-refractivity contribution in [2.24, 2.45) is 5.73 Å². The van der Waals surface area contributed by atoms with Gasteiger partial charge in [-0.05, 0) is 37.1 Å². The summed E-state index contributed by atoms with van der Waals surface area (Å²) in [4.78, 5) is 4.51. The van der Waals surface area contributed by atoms with E-state index >= 15 is 0 Å². The van der Waals surface area contributed by atoms with Crippen LogP contribution >= 0.6 is 11.3 Å². The number of benzene rings is 1. The second-order valence-electron chi connectivity index (χ2n) is 3.91. The van der Waals surface area contributed by atoms with E-state index in [9.17, 15) is 0 Å². The fourth-order valence-corrected chi connectivity index (χ4v) is 2.69. The number of nitrogens with two attached hydrogens (primary N) is 1. The molecule has 0 atom stereocenters. The summed E-state index contributed by atoms with van der Waals surface area (Å²) in [5.74, 6) is 0.918. The van der Waals surface area contributed by atoms with Crippen molar-refractivity contribution in [1.29, 1.82) is 0 Å². The molecule has 0 aliphatic heterocycles. The predicted octanol–water partition coefficient (Wildman–Crippen LogP) is 2.89. The van der Waals surface area contributed by atoms with Crippen LogP contribution in [0.15, 0.2) is 17.5 Å². The van der Waals surface area contributed by atoms with Crippen LogP contribution in [-0.2, 0) is 6.54 Å². The summed E-state index contributed by atoms with van der Waals surface area (Å²) < 4.78 is 5.31. The third-order valence-electron chi connectivity index (χ3n) is 2.95. The summed E-state index contributed by atoms with van der Waals surface area (Å²) in [6.45, 7) is 4.65. The highest BCUT2D eigenvalue weighted by Gasteiger charge is 2.11. The molecule has 0 fully saturated rings. The molecule has 1 heterocycles. The van der Waals surface area contributed by atoms with Crippen LogP contribution < -0.4 is 10.5 Å². The van der Waals surface area contributed by atoms with E-state index in [0.717, 1.165) is 27.6 Å². The standard InChI is InChI=1S/C13H16N2OS/c1-8-9(2)12(16-3)5-4-11(8)13-15-10(6-14)7-17-13/h4-5,7H,6,14H2,1-3H3. The van der Waals surface area contributed by atoms with Gasteiger partial charge in [-0.2, -0.15) is 0 Å². The quantitative estimate of drug-likeness (QED) is 0.908. The zero-order valence-corrected chi connectivity index (χ0v) is 11.1. The fraction of sp³-hybridized carbons (Fsp3) is 0.308. The van der Waals surface area contributed by atoms with Gasteiger partial charge in [-0.15, -0.1) is 11.3 Å². The second kappa shape index (κ2) is 4.85. The van der Waals surface area contributed by atoms with E-state index in [1.807, 2.05) is 11.4 Å². The van der Waals surface area contributed by atoms with Crippen LogP contribution in [0.5, 0.6) is 5.75 Å². The van der Waals surface area contributed by atoms with Gasteiger partial charge in [0.15, 0.2) is 0 Å². The van der Waals surface area contributed by atoms with E-state index in [1.165, 1.54) is 5.56 Å². The third-order valence-corrected chi connectivity index (χ3v) is 3.87. The minimum atomic E-state index is 0.491. The Bertz CT molecular complexity index is 534. The first-order valence-electron chi connectivity index (χ1n) is 5.46. The third kappa shape index (κ3) is 2.18. The van der Waals surface area contributed by atoms with Crippen molar-refractivity contribution < 1.29 is 4.74 Å². The monoisotopic (exact) mass is 248 g/mol. The first-order valence-corrected chi connectivity index (χ1v) is 6.34. The molecule has 0 bridgehead atoms. The van der Waals surface area contributed by atoms with Gasteiger partial charge in [0, 0.05) is 17.5 Å². The normalized spacial score (nSPS) is 10.6. The van der Waals surface area contributed by atoms with Crippen molar-refractivity contribution in [1.82, 2.24) is 4.98 Å². The van der Waals surface area contributed by atoms with Crippen LogP contribution in [0.4, 0.5) is 0 Å². The number of aromatic nitrogens is 1. The molecule has 3 nitrogen and oxygen atoms in total. The van der Waals surface area contributed by atoms with Crippen molar-refractivity contribution in [2.45, 2.75) is 20.4 Å². The highest BCUT2D eigenvalue weighted by Crippen LogP contribution is 2.32. The predicted molar refractivity (Wildman–Crippen MR) is 71.5 cm³/mol. The van der Waals surface area contributed by atoms with Gasteiger partial charge in [-0.3, -0.25) is 0 Å². The number of nitrogens with zero attached hydrogens (tertiary/aromatic N) is 1. The van der Waals surface area contributed by atoms with Crippen LogP contribution in [0.1, 0.15) is 16.8 Å². The largest absolute Gasteiger partial charge is 0.496 e. The molecule has 0 saturated heterocycles. The van der Waals surface area contributed by atoms with E-state index in [1.54, 1.807) is 18.4 Å². The molecule has 0 aliphatic rings. The van der Waals surface area contributed by atoms with Gasteiger partial charge in [-0.1, -0.05) is 0 Å². The number of rotatable bonds is 3. The number of thiazole rings is 1. The van der Waals surface area contributed by atoms with Gasteiger partial charge >= 0.3 is 0 Å². The summed E-state index contributed by atoms with van der Waals surface area (Å²) in [5.41, 5.74) is 10.1. The van der Waals surface area contributed by atoms with Gasteiger partial charge in [-0.25, -0.2) is 4.98 Å². The molecular formula is C13H16N2OS. The lowest BCUT2D eigenvalue weighted by atomic mass is 10.0. The van der Waals surface area contributed by atoms with Crippen molar-refractivity contribution in [2.75, 3.05) is 7.11 Å². The molecule has 2 N–H and O–H groups in total. The highest BCUT2D eigenvalue weighted by atomic mass is 32.1. The maximum Gasteiger partial charge on any atom is 0.123 e. The van der Waals surface area contributed by atoms with Gasteiger partial charge in [0.05, 0.1) is 12.8 Å². The van der Waals surface area contributed by atoms with E-state index in [2.05, 4.69) is 24.9 Å². The van der Waals surface area contributed by atoms with E-state index in [-0.39, 0.29) is 0 Å². The molecular weight excluding hydrogens is 232 g/mol. The van der Waals surface area contributed by atoms with E-state index in [0.29, 0.717) is 6.54 Å². The van der Waals surface area contributed by atoms with Gasteiger partial charge in [0.25, 0.3) is 0 Å². The lowest BCUT2D eigenvalue weighted by Crippen LogP contribution is -1.96. The lowest BCUT2D eigenvalue weighted by Gasteiger charge is -2.10. The maximum atomic E-state index is 5.58. The molecule has 0 unspecified atom stereocenters. The molecule has 0 amide bonds. The van der Waals surface area contributed by atoms with Crippen LogP contribution in [0.2, 0.25) is 0 Å². The van der Waals surface area contributed by atoms with Crippen molar-refractivity contribution in [3.05, 3.63) is 34.3 Å². The van der Waals surface area contributed by atoms with Crippen LogP contribution in [-0.4, -0.2) is 12.1 Å². The summed E-state index contributed by atoms with van der Waals surface area (Å²) in [5, 5.41) is 3.03. The Morgan fingerprint density at radius 3 is 2.65 bits per heavy atom. The summed E-state index contributed by atoms with van der Waals surface area (Å²) in [7, 11) is 1.69. The van der Waals surface area contributed by atoms with Gasteiger partial charge in [0.2, 0.25) is 0 Å². The number of ether oxygens (including phenoxy) is 1. The summed E-state index contributed by atoms with van der Waals surface area (Å²) in [6.07, 6.45) is 0. The Morgan fingerprint density at radius 2 is 2.06 bits per heavy atom. The number of hydrogen-bond donors (Lipinski definition) is 1. The Labute approximate surface area is 105 Å². The van der Waals surface area contributed by atoms with Crippen LogP contribution in [0.25, 0.3) is 10.6 Å². The summed E-state index contributed by atoms with van der Waals surface area (Å²) >= 11 is 1.63. The number of methoxy groups -OCH3 is 1. The molecule has 0 saturated carbocycles. The molecule has 2 aromatic rings. The molecule has 1 aromatic carbocycles. The maximum absolute atomic E-state index is 5.58. The van der Waals surface area contributed by atoms with Crippen molar-refractivity contribution in [3.63, 3.8) is 0 Å². The minimum absolute atomic E-state index is 0.491. The van der Waals surface area contributed by atoms with E-state index in [4.69, 9.17) is 10.5 Å². The zero-order valence-electron chi connectivity index (χ0n) is 10.3.